The lowest BCUT2D eigenvalue weighted by atomic mass is 9.98. The summed E-state index contributed by atoms with van der Waals surface area (Å²) in [6, 6.07) is 37.5. The number of hydrogen-bond donors (Lipinski definition) is 1. The minimum Gasteiger partial charge on any atom is -0.392 e. The van der Waals surface area contributed by atoms with Crippen molar-refractivity contribution in [1.29, 1.82) is 0 Å². The summed E-state index contributed by atoms with van der Waals surface area (Å²) in [5.41, 5.74) is 7.41. The maximum Gasteiger partial charge on any atom is 0.269 e. The van der Waals surface area contributed by atoms with Crippen LogP contribution in [0.4, 0.5) is 11.4 Å². The number of non-ortho nitro benzene ring substituents is 1. The molecule has 0 spiro atoms. The highest BCUT2D eigenvalue weighted by molar-refractivity contribution is 6.21. The maximum absolute atomic E-state index is 13.0. The number of rotatable bonds is 10. The largest absolute Gasteiger partial charge is 0.392 e. The molecule has 0 unspecified atom stereocenters. The topological polar surface area (TPSA) is 126 Å². The van der Waals surface area contributed by atoms with Gasteiger partial charge in [-0.3, -0.25) is 29.5 Å². The molecule has 3 aliphatic heterocycles. The summed E-state index contributed by atoms with van der Waals surface area (Å²) in [7, 11) is 0. The third kappa shape index (κ3) is 7.39. The van der Waals surface area contributed by atoms with Crippen LogP contribution in [0.3, 0.4) is 0 Å². The highest BCUT2D eigenvalue weighted by atomic mass is 16.7. The Kier molecular flexibility index (Phi) is 10.0. The predicted molar refractivity (Wildman–Crippen MR) is 203 cm³/mol. The van der Waals surface area contributed by atoms with E-state index >= 15 is 0 Å². The number of amides is 2. The molecule has 0 saturated carbocycles. The molecule has 3 heterocycles. The van der Waals surface area contributed by atoms with Crippen molar-refractivity contribution >= 4 is 23.2 Å². The SMILES string of the molecule is O=C1c2ccccc2C(=O)N1Cc1cccc(-c2cccc([C@@H]3O[C@H](CN4CCN(c5ccc([N+](=O)[O-])cc5)CC4)C[C@H](c4ccc(CO)cc4)O3)c2)c1. The molecule has 0 radical (unpaired) electrons. The van der Waals surface area contributed by atoms with Gasteiger partial charge in [0.1, 0.15) is 0 Å². The van der Waals surface area contributed by atoms with Crippen LogP contribution in [0.1, 0.15) is 61.8 Å². The molecule has 5 aromatic carbocycles. The summed E-state index contributed by atoms with van der Waals surface area (Å²) in [6.07, 6.45) is -0.315. The van der Waals surface area contributed by atoms with Crippen molar-refractivity contribution in [3.63, 3.8) is 0 Å². The minimum atomic E-state index is -0.630. The summed E-state index contributed by atoms with van der Waals surface area (Å²) >= 11 is 0. The minimum absolute atomic E-state index is 0.0295. The van der Waals surface area contributed by atoms with E-state index < -0.39 is 6.29 Å². The first-order valence-corrected chi connectivity index (χ1v) is 18.2. The van der Waals surface area contributed by atoms with Crippen LogP contribution < -0.4 is 4.90 Å². The first kappa shape index (κ1) is 35.3. The molecule has 0 aliphatic carbocycles. The van der Waals surface area contributed by atoms with E-state index in [1.54, 1.807) is 36.4 Å². The van der Waals surface area contributed by atoms with Gasteiger partial charge in [-0.05, 0) is 64.2 Å². The Morgan fingerprint density at radius 3 is 2.04 bits per heavy atom. The zero-order valence-electron chi connectivity index (χ0n) is 29.6. The maximum atomic E-state index is 13.0. The van der Waals surface area contributed by atoms with E-state index in [0.29, 0.717) is 17.5 Å². The van der Waals surface area contributed by atoms with E-state index in [-0.39, 0.29) is 47.8 Å². The van der Waals surface area contributed by atoms with Crippen LogP contribution >= 0.6 is 0 Å². The zero-order valence-corrected chi connectivity index (χ0v) is 29.6. The van der Waals surface area contributed by atoms with Gasteiger partial charge >= 0.3 is 0 Å². The number of nitrogens with zero attached hydrogens (tertiary/aromatic N) is 4. The number of fused-ring (bicyclic) bond motifs is 1. The predicted octanol–water partition coefficient (Wildman–Crippen LogP) is 6.92. The second-order valence-corrected chi connectivity index (χ2v) is 14.0. The fourth-order valence-corrected chi connectivity index (χ4v) is 7.57. The lowest BCUT2D eigenvalue weighted by Gasteiger charge is -2.41. The summed E-state index contributed by atoms with van der Waals surface area (Å²) < 4.78 is 13.4. The van der Waals surface area contributed by atoms with Gasteiger partial charge in [-0.1, -0.05) is 72.8 Å². The van der Waals surface area contributed by atoms with Crippen molar-refractivity contribution in [3.05, 3.63) is 165 Å². The second kappa shape index (κ2) is 15.3. The van der Waals surface area contributed by atoms with Gasteiger partial charge in [0.25, 0.3) is 17.5 Å². The number of imide groups is 1. The molecule has 274 valence electrons. The lowest BCUT2D eigenvalue weighted by molar-refractivity contribution is -0.384. The number of hydrogen-bond acceptors (Lipinski definition) is 9. The Hall–Kier alpha value is -5.72. The van der Waals surface area contributed by atoms with Gasteiger partial charge in [-0.2, -0.15) is 0 Å². The highest BCUT2D eigenvalue weighted by Crippen LogP contribution is 2.39. The third-order valence-electron chi connectivity index (χ3n) is 10.5. The summed E-state index contributed by atoms with van der Waals surface area (Å²) in [5.74, 6) is -0.563. The van der Waals surface area contributed by atoms with Crippen molar-refractivity contribution in [3.8, 4) is 11.1 Å². The molecule has 5 aromatic rings. The van der Waals surface area contributed by atoms with Gasteiger partial charge < -0.3 is 19.5 Å². The Morgan fingerprint density at radius 1 is 0.704 bits per heavy atom. The molecule has 2 saturated heterocycles. The Labute approximate surface area is 313 Å². The van der Waals surface area contributed by atoms with E-state index in [2.05, 4.69) is 15.9 Å². The third-order valence-corrected chi connectivity index (χ3v) is 10.5. The van der Waals surface area contributed by atoms with E-state index in [4.69, 9.17) is 9.47 Å². The van der Waals surface area contributed by atoms with Crippen molar-refractivity contribution in [1.82, 2.24) is 9.80 Å². The number of aliphatic hydroxyl groups is 1. The Morgan fingerprint density at radius 2 is 1.37 bits per heavy atom. The van der Waals surface area contributed by atoms with Crippen molar-refractivity contribution in [2.75, 3.05) is 37.6 Å². The van der Waals surface area contributed by atoms with Crippen LogP contribution in [0.25, 0.3) is 11.1 Å². The van der Waals surface area contributed by atoms with Gasteiger partial charge in [-0.15, -0.1) is 0 Å². The summed E-state index contributed by atoms with van der Waals surface area (Å²) in [4.78, 5) is 42.8. The van der Waals surface area contributed by atoms with Crippen LogP contribution in [0.5, 0.6) is 0 Å². The normalized spacial score (nSPS) is 20.3. The molecule has 1 N–H and O–H groups in total. The number of benzene rings is 5. The lowest BCUT2D eigenvalue weighted by Crippen LogP contribution is -2.49. The van der Waals surface area contributed by atoms with Gasteiger partial charge in [0.2, 0.25) is 0 Å². The molecule has 8 rings (SSSR count). The number of nitro groups is 1. The fourth-order valence-electron chi connectivity index (χ4n) is 7.57. The van der Waals surface area contributed by atoms with Crippen LogP contribution in [0, 0.1) is 10.1 Å². The van der Waals surface area contributed by atoms with E-state index in [0.717, 1.165) is 71.8 Å². The summed E-state index contributed by atoms with van der Waals surface area (Å²) in [6.45, 7) is 4.11. The molecule has 3 aliphatic rings. The van der Waals surface area contributed by atoms with Crippen LogP contribution in [0.2, 0.25) is 0 Å². The van der Waals surface area contributed by atoms with Crippen molar-refractivity contribution in [2.45, 2.75) is 38.1 Å². The van der Waals surface area contributed by atoms with Gasteiger partial charge in [0.15, 0.2) is 6.29 Å². The standard InChI is InChI=1S/C43H40N4O7/c48-28-29-11-13-31(14-12-29)40-25-37(27-44-19-21-45(22-20-44)35-15-17-36(18-16-35)47(51)52)53-43(54-40)34-8-4-7-33(24-34)32-6-3-5-30(23-32)26-46-41(49)38-9-1-2-10-39(38)42(46)50/h1-18,23-24,37,40,43,48H,19-22,25-28H2/t37-,40+,43+/m0/s1. The number of ether oxygens (including phenoxy) is 2. The first-order chi connectivity index (χ1) is 26.3. The number of nitro benzene ring substituents is 1. The smallest absolute Gasteiger partial charge is 0.269 e. The average Bonchev–Trinajstić information content (AvgIpc) is 3.46. The molecule has 2 amide bonds. The second-order valence-electron chi connectivity index (χ2n) is 14.0. The number of carbonyl (C=O) groups excluding carboxylic acids is 2. The molecule has 11 nitrogen and oxygen atoms in total. The van der Waals surface area contributed by atoms with Crippen molar-refractivity contribution < 1.29 is 29.1 Å². The summed E-state index contributed by atoms with van der Waals surface area (Å²) in [5, 5.41) is 20.7. The first-order valence-electron chi connectivity index (χ1n) is 18.2. The molecular formula is C43H40N4O7. The molecule has 0 bridgehead atoms. The molecule has 11 heteroatoms. The monoisotopic (exact) mass is 724 g/mol. The number of piperazine rings is 1. The van der Waals surface area contributed by atoms with E-state index in [9.17, 15) is 24.8 Å². The van der Waals surface area contributed by atoms with Crippen LogP contribution in [-0.4, -0.2) is 70.5 Å². The van der Waals surface area contributed by atoms with Gasteiger partial charge in [0, 0.05) is 62.5 Å². The molecular weight excluding hydrogens is 684 g/mol. The molecule has 54 heavy (non-hydrogen) atoms. The number of anilines is 1. The van der Waals surface area contributed by atoms with Crippen LogP contribution in [-0.2, 0) is 22.6 Å². The van der Waals surface area contributed by atoms with Crippen LogP contribution in [0.15, 0.2) is 121 Å². The zero-order chi connectivity index (χ0) is 37.2. The molecule has 2 fully saturated rings. The van der Waals surface area contributed by atoms with Crippen molar-refractivity contribution in [2.24, 2.45) is 0 Å². The number of aliphatic hydroxyl groups excluding tert-OH is 1. The van der Waals surface area contributed by atoms with E-state index in [1.807, 2.05) is 78.9 Å². The number of carbonyl (C=O) groups is 2. The Bertz CT molecular complexity index is 2130. The van der Waals surface area contributed by atoms with E-state index in [1.165, 1.54) is 4.90 Å². The highest BCUT2D eigenvalue weighted by Gasteiger charge is 2.36. The molecule has 3 atom stereocenters. The fraction of sp³-hybridized carbons (Fsp3) is 0.256. The van der Waals surface area contributed by atoms with Gasteiger partial charge in [0.05, 0.1) is 41.4 Å². The Balaban J connectivity index is 0.983. The molecule has 0 aromatic heterocycles. The quantitative estimate of drug-likeness (QED) is 0.0929. The average molecular weight is 725 g/mol. The van der Waals surface area contributed by atoms with Gasteiger partial charge in [-0.25, -0.2) is 0 Å².